The zero-order chi connectivity index (χ0) is 12.1. The van der Waals surface area contributed by atoms with Crippen molar-refractivity contribution >= 4 is 0 Å². The molecule has 2 atom stereocenters. The van der Waals surface area contributed by atoms with Gasteiger partial charge >= 0.3 is 0 Å². The van der Waals surface area contributed by atoms with E-state index in [1.807, 2.05) is 13.0 Å². The van der Waals surface area contributed by atoms with Gasteiger partial charge in [0.25, 0.3) is 0 Å². The first-order valence-electron chi connectivity index (χ1n) is 5.87. The minimum absolute atomic E-state index is 0.253. The van der Waals surface area contributed by atoms with Crippen LogP contribution < -0.4 is 5.73 Å². The maximum Gasteiger partial charge on any atom is 0.0547 e. The fourth-order valence-electron chi connectivity index (χ4n) is 1.82. The van der Waals surface area contributed by atoms with Gasteiger partial charge in [-0.25, -0.2) is 0 Å². The quantitative estimate of drug-likeness (QED) is 0.826. The third-order valence-corrected chi connectivity index (χ3v) is 2.82. The van der Waals surface area contributed by atoms with Gasteiger partial charge in [0.15, 0.2) is 0 Å². The molecule has 1 aromatic heterocycles. The van der Waals surface area contributed by atoms with Crippen LogP contribution in [0, 0.1) is 6.92 Å². The summed E-state index contributed by atoms with van der Waals surface area (Å²) in [6, 6.07) is 6.89. The van der Waals surface area contributed by atoms with Gasteiger partial charge < -0.3 is 5.73 Å². The molecule has 1 rings (SSSR count). The molecule has 0 radical (unpaired) electrons. The molecule has 0 aliphatic heterocycles. The van der Waals surface area contributed by atoms with Crippen LogP contribution in [0.4, 0.5) is 0 Å². The standard InChI is InChI=1S/C13H23N3/c1-10(14)8-12(3)16(4)9-13-7-5-6-11(2)15-13/h5-7,10,12H,8-9,14H2,1-4H3. The molecule has 0 amide bonds. The minimum atomic E-state index is 0.253. The Hall–Kier alpha value is -0.930. The van der Waals surface area contributed by atoms with Gasteiger partial charge in [0, 0.05) is 24.3 Å². The lowest BCUT2D eigenvalue weighted by Crippen LogP contribution is -2.34. The Labute approximate surface area is 98.7 Å². The summed E-state index contributed by atoms with van der Waals surface area (Å²) in [5, 5.41) is 0. The van der Waals surface area contributed by atoms with Gasteiger partial charge in [-0.15, -0.1) is 0 Å². The average molecular weight is 221 g/mol. The van der Waals surface area contributed by atoms with Crippen LogP contribution in [0.2, 0.25) is 0 Å². The first kappa shape index (κ1) is 13.1. The number of hydrogen-bond donors (Lipinski definition) is 1. The largest absolute Gasteiger partial charge is 0.328 e. The smallest absolute Gasteiger partial charge is 0.0547 e. The highest BCUT2D eigenvalue weighted by Gasteiger charge is 2.11. The molecule has 2 unspecified atom stereocenters. The number of pyridine rings is 1. The Bertz CT molecular complexity index is 323. The molecule has 3 nitrogen and oxygen atoms in total. The van der Waals surface area contributed by atoms with Crippen molar-refractivity contribution in [3.63, 3.8) is 0 Å². The summed E-state index contributed by atoms with van der Waals surface area (Å²) in [5.74, 6) is 0. The van der Waals surface area contributed by atoms with Crippen molar-refractivity contribution < 1.29 is 0 Å². The van der Waals surface area contributed by atoms with Gasteiger partial charge in [0.05, 0.1) is 5.69 Å². The van der Waals surface area contributed by atoms with E-state index in [-0.39, 0.29) is 6.04 Å². The zero-order valence-electron chi connectivity index (χ0n) is 10.8. The maximum atomic E-state index is 5.81. The Balaban J connectivity index is 2.53. The maximum absolute atomic E-state index is 5.81. The molecule has 0 aliphatic rings. The lowest BCUT2D eigenvalue weighted by molar-refractivity contribution is 0.227. The van der Waals surface area contributed by atoms with E-state index in [0.29, 0.717) is 6.04 Å². The summed E-state index contributed by atoms with van der Waals surface area (Å²) in [6.07, 6.45) is 1.02. The van der Waals surface area contributed by atoms with Gasteiger partial charge in [-0.1, -0.05) is 6.07 Å². The van der Waals surface area contributed by atoms with Crippen molar-refractivity contribution in [2.24, 2.45) is 5.73 Å². The van der Waals surface area contributed by atoms with Gasteiger partial charge in [-0.05, 0) is 46.4 Å². The number of nitrogens with zero attached hydrogens (tertiary/aromatic N) is 2. The Morgan fingerprint density at radius 3 is 2.62 bits per heavy atom. The lowest BCUT2D eigenvalue weighted by atomic mass is 10.1. The topological polar surface area (TPSA) is 42.1 Å². The molecule has 0 aromatic carbocycles. The second kappa shape index (κ2) is 5.97. The SMILES string of the molecule is Cc1cccc(CN(C)C(C)CC(C)N)n1. The second-order valence-corrected chi connectivity index (χ2v) is 4.75. The first-order chi connectivity index (χ1) is 7.49. The minimum Gasteiger partial charge on any atom is -0.328 e. The molecule has 0 spiro atoms. The molecule has 0 aliphatic carbocycles. The average Bonchev–Trinajstić information content (AvgIpc) is 2.16. The van der Waals surface area contributed by atoms with E-state index in [0.717, 1.165) is 24.4 Å². The molecular weight excluding hydrogens is 198 g/mol. The Kier molecular flexibility index (Phi) is 4.90. The van der Waals surface area contributed by atoms with Crippen LogP contribution in [-0.2, 0) is 6.54 Å². The van der Waals surface area contributed by atoms with Crippen molar-refractivity contribution in [3.05, 3.63) is 29.6 Å². The predicted molar refractivity (Wildman–Crippen MR) is 68.2 cm³/mol. The summed E-state index contributed by atoms with van der Waals surface area (Å²) in [6.45, 7) is 7.17. The summed E-state index contributed by atoms with van der Waals surface area (Å²) < 4.78 is 0. The van der Waals surface area contributed by atoms with Crippen molar-refractivity contribution in [2.75, 3.05) is 7.05 Å². The summed E-state index contributed by atoms with van der Waals surface area (Å²) in [5.41, 5.74) is 8.01. The molecule has 1 heterocycles. The summed E-state index contributed by atoms with van der Waals surface area (Å²) >= 11 is 0. The number of aromatic nitrogens is 1. The molecule has 3 heteroatoms. The lowest BCUT2D eigenvalue weighted by Gasteiger charge is -2.25. The van der Waals surface area contributed by atoms with Crippen molar-refractivity contribution in [1.29, 1.82) is 0 Å². The summed E-state index contributed by atoms with van der Waals surface area (Å²) in [7, 11) is 2.12. The van der Waals surface area contributed by atoms with E-state index in [4.69, 9.17) is 5.73 Å². The highest BCUT2D eigenvalue weighted by Crippen LogP contribution is 2.08. The number of rotatable bonds is 5. The fourth-order valence-corrected chi connectivity index (χ4v) is 1.82. The van der Waals surface area contributed by atoms with Gasteiger partial charge in [0.2, 0.25) is 0 Å². The third-order valence-electron chi connectivity index (χ3n) is 2.82. The number of hydrogen-bond acceptors (Lipinski definition) is 3. The van der Waals surface area contributed by atoms with Crippen molar-refractivity contribution in [2.45, 2.75) is 45.8 Å². The fraction of sp³-hybridized carbons (Fsp3) is 0.615. The highest BCUT2D eigenvalue weighted by atomic mass is 15.1. The third kappa shape index (κ3) is 4.29. The predicted octanol–water partition coefficient (Wildman–Crippen LogP) is 1.95. The molecular formula is C13H23N3. The van der Waals surface area contributed by atoms with Crippen LogP contribution in [0.3, 0.4) is 0 Å². The molecule has 16 heavy (non-hydrogen) atoms. The van der Waals surface area contributed by atoms with Gasteiger partial charge in [-0.2, -0.15) is 0 Å². The first-order valence-corrected chi connectivity index (χ1v) is 5.87. The van der Waals surface area contributed by atoms with Crippen LogP contribution in [0.1, 0.15) is 31.7 Å². The van der Waals surface area contributed by atoms with E-state index < -0.39 is 0 Å². The molecule has 0 saturated heterocycles. The number of aryl methyl sites for hydroxylation is 1. The van der Waals surface area contributed by atoms with E-state index in [2.05, 4.69) is 42.9 Å². The van der Waals surface area contributed by atoms with E-state index >= 15 is 0 Å². The van der Waals surface area contributed by atoms with E-state index in [1.165, 1.54) is 0 Å². The summed E-state index contributed by atoms with van der Waals surface area (Å²) in [4.78, 5) is 6.80. The van der Waals surface area contributed by atoms with Crippen LogP contribution in [-0.4, -0.2) is 29.0 Å². The van der Waals surface area contributed by atoms with Gasteiger partial charge in [-0.3, -0.25) is 9.88 Å². The van der Waals surface area contributed by atoms with Crippen LogP contribution >= 0.6 is 0 Å². The van der Waals surface area contributed by atoms with Gasteiger partial charge in [0.1, 0.15) is 0 Å². The molecule has 2 N–H and O–H groups in total. The van der Waals surface area contributed by atoms with Crippen molar-refractivity contribution in [3.8, 4) is 0 Å². The molecule has 1 aromatic rings. The van der Waals surface area contributed by atoms with E-state index in [1.54, 1.807) is 0 Å². The van der Waals surface area contributed by atoms with Crippen LogP contribution in [0.25, 0.3) is 0 Å². The molecule has 0 saturated carbocycles. The Morgan fingerprint density at radius 2 is 2.06 bits per heavy atom. The molecule has 0 fully saturated rings. The monoisotopic (exact) mass is 221 g/mol. The second-order valence-electron chi connectivity index (χ2n) is 4.75. The highest BCUT2D eigenvalue weighted by molar-refractivity contribution is 5.09. The van der Waals surface area contributed by atoms with Crippen molar-refractivity contribution in [1.82, 2.24) is 9.88 Å². The van der Waals surface area contributed by atoms with E-state index in [9.17, 15) is 0 Å². The van der Waals surface area contributed by atoms with Crippen LogP contribution in [0.5, 0.6) is 0 Å². The molecule has 0 bridgehead atoms. The normalized spacial score (nSPS) is 15.1. The molecule has 90 valence electrons. The number of nitrogens with two attached hydrogens (primary N) is 1. The Morgan fingerprint density at radius 1 is 1.38 bits per heavy atom. The zero-order valence-corrected chi connectivity index (χ0v) is 10.8. The van der Waals surface area contributed by atoms with Crippen LogP contribution in [0.15, 0.2) is 18.2 Å².